The van der Waals surface area contributed by atoms with E-state index in [2.05, 4.69) is 0 Å². The van der Waals surface area contributed by atoms with Crippen molar-refractivity contribution in [3.8, 4) is 0 Å². The van der Waals surface area contributed by atoms with Crippen molar-refractivity contribution in [3.63, 3.8) is 0 Å². The predicted octanol–water partition coefficient (Wildman–Crippen LogP) is 2.11. The zero-order valence-corrected chi connectivity index (χ0v) is 16.0. The molecule has 0 saturated carbocycles. The Balaban J connectivity index is 1.69. The number of imide groups is 1. The summed E-state index contributed by atoms with van der Waals surface area (Å²) < 4.78 is 0. The highest BCUT2D eigenvalue weighted by Crippen LogP contribution is 2.46. The number of nitrogens with zero attached hydrogens (tertiary/aromatic N) is 2. The van der Waals surface area contributed by atoms with Gasteiger partial charge in [-0.25, -0.2) is 4.90 Å². The van der Waals surface area contributed by atoms with Gasteiger partial charge in [-0.05, 0) is 24.3 Å². The molecule has 1 aromatic rings. The van der Waals surface area contributed by atoms with Crippen LogP contribution in [0.25, 0.3) is 0 Å². The van der Waals surface area contributed by atoms with Gasteiger partial charge in [0.15, 0.2) is 11.6 Å². The van der Waals surface area contributed by atoms with Crippen molar-refractivity contribution in [2.24, 2.45) is 17.3 Å². The number of carbonyl (C=O) groups is 4. The fourth-order valence-corrected chi connectivity index (χ4v) is 4.22. The fourth-order valence-electron chi connectivity index (χ4n) is 4.22. The molecular formula is C22H22N2O4. The van der Waals surface area contributed by atoms with Crippen molar-refractivity contribution in [1.82, 2.24) is 4.90 Å². The summed E-state index contributed by atoms with van der Waals surface area (Å²) in [6, 6.07) is 7.60. The van der Waals surface area contributed by atoms with Crippen LogP contribution in [0, 0.1) is 17.3 Å². The lowest BCUT2D eigenvalue weighted by Crippen LogP contribution is -2.47. The number of benzene rings is 1. The Morgan fingerprint density at radius 3 is 2.29 bits per heavy atom. The van der Waals surface area contributed by atoms with Gasteiger partial charge in [0.05, 0.1) is 23.6 Å². The van der Waals surface area contributed by atoms with Gasteiger partial charge in [0.25, 0.3) is 0 Å². The van der Waals surface area contributed by atoms with E-state index in [1.165, 1.54) is 17.1 Å². The number of anilines is 1. The van der Waals surface area contributed by atoms with Crippen LogP contribution in [0.5, 0.6) is 0 Å². The molecule has 4 atom stereocenters. The maximum atomic E-state index is 13.1. The van der Waals surface area contributed by atoms with Crippen LogP contribution in [0.15, 0.2) is 54.8 Å². The molecule has 3 aliphatic heterocycles. The molecule has 28 heavy (non-hydrogen) atoms. The van der Waals surface area contributed by atoms with E-state index < -0.39 is 29.3 Å². The molecular weight excluding hydrogens is 356 g/mol. The molecule has 2 bridgehead atoms. The highest BCUT2D eigenvalue weighted by Gasteiger charge is 2.63. The smallest absolute Gasteiger partial charge is 0.240 e. The molecule has 0 aliphatic carbocycles. The summed E-state index contributed by atoms with van der Waals surface area (Å²) in [4.78, 5) is 54.1. The number of hydrogen-bond donors (Lipinski definition) is 0. The Kier molecular flexibility index (Phi) is 4.10. The first kappa shape index (κ1) is 18.3. The number of para-hydroxylation sites is 1. The van der Waals surface area contributed by atoms with Crippen LogP contribution in [0.1, 0.15) is 20.8 Å². The van der Waals surface area contributed by atoms with Crippen LogP contribution >= 0.6 is 0 Å². The number of allylic oxidation sites excluding steroid dienone is 1. The van der Waals surface area contributed by atoms with Gasteiger partial charge in [0, 0.05) is 11.6 Å². The zero-order chi connectivity index (χ0) is 20.2. The van der Waals surface area contributed by atoms with Gasteiger partial charge in [-0.2, -0.15) is 0 Å². The van der Waals surface area contributed by atoms with Crippen LogP contribution in [-0.4, -0.2) is 40.4 Å². The standard InChI is InChI=1S/C22H22N2O4/c1-22(2,3)16(26)11-12-23-14-9-10-15(25)19(23)18-17(14)20(27)24(21(18)28)13-7-5-4-6-8-13/h4-12,14,17-19H,1-3H3/b12-11+. The predicted molar refractivity (Wildman–Crippen MR) is 103 cm³/mol. The first-order chi connectivity index (χ1) is 13.2. The van der Waals surface area contributed by atoms with Crippen LogP contribution in [0.3, 0.4) is 0 Å². The largest absolute Gasteiger partial charge is 0.359 e. The Morgan fingerprint density at radius 1 is 1.00 bits per heavy atom. The van der Waals surface area contributed by atoms with Crippen molar-refractivity contribution >= 4 is 29.1 Å². The van der Waals surface area contributed by atoms with E-state index in [9.17, 15) is 19.2 Å². The number of amides is 2. The lowest BCUT2D eigenvalue weighted by atomic mass is 9.90. The number of carbonyl (C=O) groups excluding carboxylic acids is 4. The average Bonchev–Trinajstić information content (AvgIpc) is 3.04. The highest BCUT2D eigenvalue weighted by molar-refractivity contribution is 6.24. The average molecular weight is 378 g/mol. The molecule has 2 amide bonds. The van der Waals surface area contributed by atoms with Gasteiger partial charge in [-0.15, -0.1) is 0 Å². The lowest BCUT2D eigenvalue weighted by Gasteiger charge is -2.32. The monoisotopic (exact) mass is 378 g/mol. The Bertz CT molecular complexity index is 926. The number of rotatable bonds is 3. The highest BCUT2D eigenvalue weighted by atomic mass is 16.2. The molecule has 3 heterocycles. The third-order valence-corrected chi connectivity index (χ3v) is 5.67. The molecule has 4 rings (SSSR count). The number of ketones is 2. The second kappa shape index (κ2) is 6.26. The quantitative estimate of drug-likeness (QED) is 0.595. The summed E-state index contributed by atoms with van der Waals surface area (Å²) >= 11 is 0. The summed E-state index contributed by atoms with van der Waals surface area (Å²) in [5, 5.41) is 0. The van der Waals surface area contributed by atoms with E-state index in [1.807, 2.05) is 26.8 Å². The van der Waals surface area contributed by atoms with Crippen molar-refractivity contribution in [2.45, 2.75) is 32.9 Å². The molecule has 2 fully saturated rings. The van der Waals surface area contributed by atoms with Crippen molar-refractivity contribution in [3.05, 3.63) is 54.8 Å². The molecule has 0 spiro atoms. The molecule has 6 nitrogen and oxygen atoms in total. The number of fused-ring (bicyclic) bond motifs is 5. The van der Waals surface area contributed by atoms with Crippen LogP contribution < -0.4 is 4.90 Å². The van der Waals surface area contributed by atoms with Crippen molar-refractivity contribution < 1.29 is 19.2 Å². The second-order valence-corrected chi connectivity index (χ2v) is 8.47. The van der Waals surface area contributed by atoms with E-state index >= 15 is 0 Å². The van der Waals surface area contributed by atoms with Crippen molar-refractivity contribution in [1.29, 1.82) is 0 Å². The van der Waals surface area contributed by atoms with E-state index in [0.29, 0.717) is 5.69 Å². The van der Waals surface area contributed by atoms with E-state index in [1.54, 1.807) is 41.4 Å². The molecule has 1 aromatic carbocycles. The zero-order valence-electron chi connectivity index (χ0n) is 16.0. The summed E-state index contributed by atoms with van der Waals surface area (Å²) in [6.07, 6.45) is 6.15. The summed E-state index contributed by atoms with van der Waals surface area (Å²) in [5.41, 5.74) is -0.0250. The third kappa shape index (κ3) is 2.63. The third-order valence-electron chi connectivity index (χ3n) is 5.67. The summed E-state index contributed by atoms with van der Waals surface area (Å²) in [7, 11) is 0. The summed E-state index contributed by atoms with van der Waals surface area (Å²) in [5.74, 6) is -2.32. The molecule has 2 saturated heterocycles. The molecule has 4 unspecified atom stereocenters. The Morgan fingerprint density at radius 2 is 1.64 bits per heavy atom. The van der Waals surface area contributed by atoms with Gasteiger partial charge in [-0.1, -0.05) is 45.0 Å². The molecule has 6 heteroatoms. The fraction of sp³-hybridized carbons (Fsp3) is 0.364. The summed E-state index contributed by atoms with van der Waals surface area (Å²) in [6.45, 7) is 5.44. The van der Waals surface area contributed by atoms with Gasteiger partial charge >= 0.3 is 0 Å². The van der Waals surface area contributed by atoms with E-state index in [4.69, 9.17) is 0 Å². The minimum absolute atomic E-state index is 0.0809. The maximum absolute atomic E-state index is 13.1. The second-order valence-electron chi connectivity index (χ2n) is 8.47. The molecule has 0 aromatic heterocycles. The van der Waals surface area contributed by atoms with Crippen LogP contribution in [0.4, 0.5) is 5.69 Å². The Labute approximate surface area is 163 Å². The Hall–Kier alpha value is -3.02. The maximum Gasteiger partial charge on any atom is 0.240 e. The van der Waals surface area contributed by atoms with E-state index in [-0.39, 0.29) is 23.4 Å². The first-order valence-corrected chi connectivity index (χ1v) is 9.37. The number of hydrogen-bond acceptors (Lipinski definition) is 5. The van der Waals surface area contributed by atoms with Gasteiger partial charge < -0.3 is 4.90 Å². The van der Waals surface area contributed by atoms with Crippen LogP contribution in [0.2, 0.25) is 0 Å². The minimum atomic E-state index is -0.755. The van der Waals surface area contributed by atoms with Gasteiger partial charge in [-0.3, -0.25) is 19.2 Å². The first-order valence-electron chi connectivity index (χ1n) is 9.37. The lowest BCUT2D eigenvalue weighted by molar-refractivity contribution is -0.128. The van der Waals surface area contributed by atoms with Crippen molar-refractivity contribution in [2.75, 3.05) is 4.90 Å². The van der Waals surface area contributed by atoms with Crippen LogP contribution in [-0.2, 0) is 19.2 Å². The molecule has 0 radical (unpaired) electrons. The van der Waals surface area contributed by atoms with Gasteiger partial charge in [0.1, 0.15) is 6.04 Å². The SMILES string of the molecule is CC(C)(C)C(=O)/C=C/N1C2C=CC(=O)C1C1C(=O)N(c3ccccc3)C(=O)C12. The minimum Gasteiger partial charge on any atom is -0.359 e. The molecule has 3 aliphatic rings. The van der Waals surface area contributed by atoms with Gasteiger partial charge in [0.2, 0.25) is 11.8 Å². The molecule has 0 N–H and O–H groups in total. The normalized spacial score (nSPS) is 29.2. The topological polar surface area (TPSA) is 74.8 Å². The van der Waals surface area contributed by atoms with E-state index in [0.717, 1.165) is 0 Å². The molecule has 144 valence electrons.